The quantitative estimate of drug-likeness (QED) is 0.479. The number of carboxylic acids is 1. The summed E-state index contributed by atoms with van der Waals surface area (Å²) in [6, 6.07) is -1.29. The van der Waals surface area contributed by atoms with Gasteiger partial charge in [-0.05, 0) is 0 Å². The number of hydrogen-bond acceptors (Lipinski definition) is 5. The molecule has 60 valence electrons. The lowest BCUT2D eigenvalue weighted by molar-refractivity contribution is -0.139. The van der Waals surface area contributed by atoms with Gasteiger partial charge < -0.3 is 15.4 Å². The van der Waals surface area contributed by atoms with Gasteiger partial charge in [0.05, 0.1) is 18.0 Å². The molecule has 1 unspecified atom stereocenters. The lowest BCUT2D eigenvalue weighted by Gasteiger charge is -2.07. The van der Waals surface area contributed by atoms with Gasteiger partial charge in [0, 0.05) is 0 Å². The van der Waals surface area contributed by atoms with E-state index >= 15 is 0 Å². The largest absolute Gasteiger partial charge is 0.750 e. The van der Waals surface area contributed by atoms with Gasteiger partial charge in [-0.3, -0.25) is 8.98 Å². The fourth-order valence-electron chi connectivity index (χ4n) is 0.200. The van der Waals surface area contributed by atoms with E-state index in [1.165, 1.54) is 0 Å². The minimum Gasteiger partial charge on any atom is -0.750 e. The molecule has 0 rings (SSSR count). The predicted molar refractivity (Wildman–Crippen MR) is 30.5 cm³/mol. The average Bonchev–Trinajstić information content (AvgIpc) is 1.82. The molecule has 0 bridgehead atoms. The van der Waals surface area contributed by atoms with E-state index in [9.17, 15) is 13.6 Å². The third kappa shape index (κ3) is 4.39. The maximum absolute atomic E-state index is 9.91. The molecule has 0 aliphatic heterocycles. The van der Waals surface area contributed by atoms with Crippen molar-refractivity contribution >= 4 is 17.3 Å². The maximum atomic E-state index is 9.91. The van der Waals surface area contributed by atoms with Gasteiger partial charge in [0.15, 0.2) is 0 Å². The average molecular weight is 168 g/mol. The van der Waals surface area contributed by atoms with Crippen molar-refractivity contribution in [1.82, 2.24) is 0 Å². The molecule has 0 aromatic rings. The molecule has 0 heterocycles. The second kappa shape index (κ2) is 4.34. The van der Waals surface area contributed by atoms with Crippen LogP contribution in [0.25, 0.3) is 0 Å². The van der Waals surface area contributed by atoms with Crippen LogP contribution in [0, 0.1) is 0 Å². The normalized spacial score (nSPS) is 16.2. The van der Waals surface area contributed by atoms with E-state index in [0.717, 1.165) is 0 Å². The van der Waals surface area contributed by atoms with Crippen LogP contribution in [0.5, 0.6) is 0 Å². The van der Waals surface area contributed by atoms with E-state index in [0.29, 0.717) is 0 Å². The third-order valence-corrected chi connectivity index (χ3v) is 0.990. The summed E-state index contributed by atoms with van der Waals surface area (Å²) < 4.78 is 23.2. The predicted octanol–water partition coefficient (Wildman–Crippen LogP) is -1.79. The Hall–Kier alpha value is -0.500. The molecule has 0 amide bonds. The summed E-state index contributed by atoms with van der Waals surface area (Å²) in [6.45, 7) is -0.536. The van der Waals surface area contributed by atoms with E-state index in [1.807, 2.05) is 0 Å². The first kappa shape index (κ1) is 9.50. The standard InChI is InChI=1S/C3H7NO5S/c4-2(3(5)6)1-9-10(7)8/h2H,1,4H2,(H,5,6)(H,7,8)/p-1/t2-/m0/s1. The highest BCUT2D eigenvalue weighted by molar-refractivity contribution is 7.74. The summed E-state index contributed by atoms with van der Waals surface area (Å²) >= 11 is -2.70. The first-order valence-electron chi connectivity index (χ1n) is 2.25. The maximum Gasteiger partial charge on any atom is 0.322 e. The van der Waals surface area contributed by atoms with E-state index in [1.54, 1.807) is 0 Å². The number of hydrogen-bond donors (Lipinski definition) is 2. The molecule has 0 radical (unpaired) electrons. The highest BCUT2D eigenvalue weighted by Gasteiger charge is 2.10. The van der Waals surface area contributed by atoms with Gasteiger partial charge in [0.2, 0.25) is 0 Å². The highest BCUT2D eigenvalue weighted by atomic mass is 32.2. The van der Waals surface area contributed by atoms with Gasteiger partial charge in [-0.25, -0.2) is 4.21 Å². The van der Waals surface area contributed by atoms with Gasteiger partial charge in [0.25, 0.3) is 0 Å². The van der Waals surface area contributed by atoms with Crippen LogP contribution < -0.4 is 5.73 Å². The fourth-order valence-corrected chi connectivity index (χ4v) is 0.458. The molecule has 0 aliphatic rings. The lowest BCUT2D eigenvalue weighted by Crippen LogP contribution is -2.35. The summed E-state index contributed by atoms with van der Waals surface area (Å²) in [7, 11) is 0. The molecule has 3 N–H and O–H groups in total. The van der Waals surface area contributed by atoms with Gasteiger partial charge in [-0.1, -0.05) is 0 Å². The van der Waals surface area contributed by atoms with Crippen LogP contribution in [0.4, 0.5) is 0 Å². The van der Waals surface area contributed by atoms with Crippen molar-refractivity contribution in [3.8, 4) is 0 Å². The molecule has 7 heteroatoms. The number of rotatable bonds is 4. The van der Waals surface area contributed by atoms with Crippen LogP contribution in [0.1, 0.15) is 0 Å². The molecule has 0 spiro atoms. The Labute approximate surface area is 59.5 Å². The molecular formula is C3H6NO5S-. The summed E-state index contributed by atoms with van der Waals surface area (Å²) in [5.74, 6) is -1.30. The zero-order valence-corrected chi connectivity index (χ0v) is 5.67. The Kier molecular flexibility index (Phi) is 4.12. The van der Waals surface area contributed by atoms with Crippen molar-refractivity contribution in [3.63, 3.8) is 0 Å². The summed E-state index contributed by atoms with van der Waals surface area (Å²) in [5.41, 5.74) is 4.87. The van der Waals surface area contributed by atoms with Gasteiger partial charge in [-0.2, -0.15) is 0 Å². The van der Waals surface area contributed by atoms with Crippen LogP contribution in [0.15, 0.2) is 0 Å². The van der Waals surface area contributed by atoms with Gasteiger partial charge in [0.1, 0.15) is 6.04 Å². The van der Waals surface area contributed by atoms with E-state index < -0.39 is 30.0 Å². The Morgan fingerprint density at radius 2 is 2.40 bits per heavy atom. The lowest BCUT2D eigenvalue weighted by atomic mass is 10.3. The molecule has 10 heavy (non-hydrogen) atoms. The molecule has 0 aromatic carbocycles. The molecule has 0 aliphatic carbocycles. The van der Waals surface area contributed by atoms with Crippen molar-refractivity contribution in [2.75, 3.05) is 6.61 Å². The molecule has 6 nitrogen and oxygen atoms in total. The molecule has 0 aromatic heterocycles. The van der Waals surface area contributed by atoms with Crippen LogP contribution in [-0.2, 0) is 20.3 Å². The number of nitrogens with two attached hydrogens (primary N) is 1. The zero-order valence-electron chi connectivity index (χ0n) is 4.85. The fraction of sp³-hybridized carbons (Fsp3) is 0.667. The topological polar surface area (TPSA) is 113 Å². The third-order valence-electron chi connectivity index (χ3n) is 0.661. The SMILES string of the molecule is N[C@@H](COS(=O)[O-])C(=O)O. The summed E-state index contributed by atoms with van der Waals surface area (Å²) in [6.07, 6.45) is 0. The molecule has 0 saturated heterocycles. The summed E-state index contributed by atoms with van der Waals surface area (Å²) in [4.78, 5) is 9.91. The van der Waals surface area contributed by atoms with Crippen LogP contribution in [0.3, 0.4) is 0 Å². The van der Waals surface area contributed by atoms with Crippen LogP contribution in [0.2, 0.25) is 0 Å². The van der Waals surface area contributed by atoms with Crippen LogP contribution in [-0.4, -0.2) is 32.5 Å². The van der Waals surface area contributed by atoms with Crippen molar-refractivity contribution in [2.45, 2.75) is 6.04 Å². The minimum atomic E-state index is -2.70. The van der Waals surface area contributed by atoms with Crippen molar-refractivity contribution in [3.05, 3.63) is 0 Å². The highest BCUT2D eigenvalue weighted by Crippen LogP contribution is 1.83. The first-order valence-corrected chi connectivity index (χ1v) is 3.25. The van der Waals surface area contributed by atoms with E-state index in [-0.39, 0.29) is 0 Å². The van der Waals surface area contributed by atoms with E-state index in [2.05, 4.69) is 4.18 Å². The zero-order chi connectivity index (χ0) is 8.15. The molecule has 0 saturated carbocycles. The Morgan fingerprint density at radius 1 is 1.90 bits per heavy atom. The number of carbonyl (C=O) groups is 1. The monoisotopic (exact) mass is 168 g/mol. The van der Waals surface area contributed by atoms with Crippen LogP contribution >= 0.6 is 0 Å². The Bertz CT molecular complexity index is 148. The Morgan fingerprint density at radius 3 is 2.70 bits per heavy atom. The Balaban J connectivity index is 3.49. The smallest absolute Gasteiger partial charge is 0.322 e. The van der Waals surface area contributed by atoms with Crippen molar-refractivity contribution < 1.29 is 22.8 Å². The molecular weight excluding hydrogens is 162 g/mol. The van der Waals surface area contributed by atoms with Crippen molar-refractivity contribution in [1.29, 1.82) is 0 Å². The second-order valence-electron chi connectivity index (χ2n) is 1.43. The van der Waals surface area contributed by atoms with Gasteiger partial charge >= 0.3 is 5.97 Å². The molecule has 0 fully saturated rings. The molecule has 2 atom stereocenters. The minimum absolute atomic E-state index is 0.536. The second-order valence-corrected chi connectivity index (χ2v) is 2.08. The van der Waals surface area contributed by atoms with Gasteiger partial charge in [-0.15, -0.1) is 0 Å². The number of aliphatic carboxylic acids is 1. The summed E-state index contributed by atoms with van der Waals surface area (Å²) in [5, 5.41) is 8.09. The first-order chi connectivity index (χ1) is 4.54. The van der Waals surface area contributed by atoms with E-state index in [4.69, 9.17) is 10.8 Å². The number of carboxylic acid groups (broad SMARTS) is 1. The van der Waals surface area contributed by atoms with Crippen molar-refractivity contribution in [2.24, 2.45) is 5.73 Å².